The van der Waals surface area contributed by atoms with E-state index in [-0.39, 0.29) is 6.61 Å². The third-order valence-electron chi connectivity index (χ3n) is 3.97. The van der Waals surface area contributed by atoms with Crippen molar-refractivity contribution in [3.05, 3.63) is 0 Å². The number of nitrogens with two attached hydrogens (primary N) is 1. The summed E-state index contributed by atoms with van der Waals surface area (Å²) in [7, 11) is 1.24. The van der Waals surface area contributed by atoms with Crippen molar-refractivity contribution in [3.8, 4) is 0 Å². The highest BCUT2D eigenvalue weighted by atomic mass is 16.7. The summed E-state index contributed by atoms with van der Waals surface area (Å²) in [4.78, 5) is 57.6. The number of carboxylic acids is 1. The van der Waals surface area contributed by atoms with Crippen LogP contribution in [-0.4, -0.2) is 85.3 Å². The maximum atomic E-state index is 12.3. The van der Waals surface area contributed by atoms with Crippen molar-refractivity contribution in [2.75, 3.05) is 13.7 Å². The van der Waals surface area contributed by atoms with Gasteiger partial charge < -0.3 is 39.8 Å². The molecule has 0 spiro atoms. The fraction of sp³-hybridized carbons (Fsp3) is 0.706. The number of nitrogens with one attached hydrogen (secondary N) is 1. The molecule has 1 rings (SSSR count). The fourth-order valence-corrected chi connectivity index (χ4v) is 2.81. The molecule has 1 aliphatic rings. The number of rotatable bonds is 9. The van der Waals surface area contributed by atoms with Gasteiger partial charge in [-0.05, 0) is 0 Å². The summed E-state index contributed by atoms with van der Waals surface area (Å²) in [5, 5.41) is 11.2. The molecule has 170 valence electrons. The van der Waals surface area contributed by atoms with Gasteiger partial charge in [-0.2, -0.15) is 0 Å². The highest BCUT2D eigenvalue weighted by Crippen LogP contribution is 2.27. The second kappa shape index (κ2) is 11.4. The molecule has 0 aromatic heterocycles. The molecule has 1 heterocycles. The molecule has 0 aliphatic carbocycles. The number of aliphatic carboxylic acids is 1. The first-order chi connectivity index (χ1) is 14.0. The van der Waals surface area contributed by atoms with Crippen LogP contribution in [0.1, 0.15) is 27.2 Å². The predicted molar refractivity (Wildman–Crippen MR) is 95.6 cm³/mol. The highest BCUT2D eigenvalue weighted by Gasteiger charge is 2.51. The Hall–Kier alpha value is -2.77. The van der Waals surface area contributed by atoms with Crippen molar-refractivity contribution in [1.29, 1.82) is 0 Å². The first-order valence-electron chi connectivity index (χ1n) is 8.90. The SMILES string of the molecule is CO[C@H]1O[C@@H](COC(C)=O)[C@H](OC(C)=O)[C@@H](OC(C)=O)[C@H]1NC(=O)[C@@H](N)CC(=O)O. The lowest BCUT2D eigenvalue weighted by Gasteiger charge is -2.44. The molecule has 0 bridgehead atoms. The maximum Gasteiger partial charge on any atom is 0.305 e. The van der Waals surface area contributed by atoms with E-state index in [4.69, 9.17) is 34.5 Å². The van der Waals surface area contributed by atoms with Crippen molar-refractivity contribution in [2.24, 2.45) is 5.73 Å². The van der Waals surface area contributed by atoms with Crippen LogP contribution in [0, 0.1) is 0 Å². The molecule has 1 amide bonds. The van der Waals surface area contributed by atoms with Gasteiger partial charge >= 0.3 is 23.9 Å². The van der Waals surface area contributed by atoms with E-state index < -0.39 is 72.9 Å². The van der Waals surface area contributed by atoms with E-state index >= 15 is 0 Å². The molecule has 1 fully saturated rings. The van der Waals surface area contributed by atoms with Gasteiger partial charge in [0.2, 0.25) is 5.91 Å². The summed E-state index contributed by atoms with van der Waals surface area (Å²) in [5.74, 6) is -4.33. The highest BCUT2D eigenvalue weighted by molar-refractivity contribution is 5.86. The van der Waals surface area contributed by atoms with E-state index in [1.807, 2.05) is 0 Å². The second-order valence-electron chi connectivity index (χ2n) is 6.47. The number of esters is 3. The topological polar surface area (TPSA) is 190 Å². The zero-order chi connectivity index (χ0) is 23.0. The van der Waals surface area contributed by atoms with Gasteiger partial charge in [0.15, 0.2) is 18.5 Å². The third-order valence-corrected chi connectivity index (χ3v) is 3.97. The predicted octanol–water partition coefficient (Wildman–Crippen LogP) is -1.93. The summed E-state index contributed by atoms with van der Waals surface area (Å²) in [6.07, 6.45) is -5.57. The van der Waals surface area contributed by atoms with Gasteiger partial charge in [-0.3, -0.25) is 24.0 Å². The first kappa shape index (κ1) is 25.3. The van der Waals surface area contributed by atoms with Crippen LogP contribution in [0.3, 0.4) is 0 Å². The van der Waals surface area contributed by atoms with Crippen LogP contribution in [-0.2, 0) is 47.7 Å². The number of carboxylic acid groups (broad SMARTS) is 1. The van der Waals surface area contributed by atoms with Crippen LogP contribution in [0.5, 0.6) is 0 Å². The van der Waals surface area contributed by atoms with Gasteiger partial charge in [0.05, 0.1) is 12.5 Å². The third kappa shape index (κ3) is 7.57. The number of hydrogen-bond acceptors (Lipinski definition) is 11. The lowest BCUT2D eigenvalue weighted by Crippen LogP contribution is -2.67. The van der Waals surface area contributed by atoms with Crippen LogP contribution in [0.25, 0.3) is 0 Å². The van der Waals surface area contributed by atoms with Gasteiger partial charge in [0.1, 0.15) is 18.8 Å². The summed E-state index contributed by atoms with van der Waals surface area (Å²) in [5.41, 5.74) is 5.57. The van der Waals surface area contributed by atoms with Gasteiger partial charge in [-0.1, -0.05) is 0 Å². The van der Waals surface area contributed by atoms with E-state index in [0.29, 0.717) is 0 Å². The van der Waals surface area contributed by atoms with E-state index in [2.05, 4.69) is 5.32 Å². The zero-order valence-electron chi connectivity index (χ0n) is 17.0. The Morgan fingerprint density at radius 1 is 1.03 bits per heavy atom. The summed E-state index contributed by atoms with van der Waals surface area (Å²) >= 11 is 0. The molecule has 0 radical (unpaired) electrons. The standard InChI is InChI=1S/C17H26N2O11/c1-7(20)27-6-11-14(28-8(2)21)15(29-9(3)22)13(17(26-4)30-11)19-16(25)10(18)5-12(23)24/h10-11,13-15,17H,5-6,18H2,1-4H3,(H,19,25)(H,23,24)/t10-,11-,13+,14-,15-,17-/m0/s1. The summed E-state index contributed by atoms with van der Waals surface area (Å²) in [6.45, 7) is 3.00. The molecule has 13 nitrogen and oxygen atoms in total. The number of amides is 1. The molecular formula is C17H26N2O11. The van der Waals surface area contributed by atoms with Gasteiger partial charge in [-0.25, -0.2) is 0 Å². The number of hydrogen-bond donors (Lipinski definition) is 3. The Bertz CT molecular complexity index is 668. The molecule has 1 saturated heterocycles. The minimum atomic E-state index is -1.41. The Morgan fingerprint density at radius 2 is 1.60 bits per heavy atom. The second-order valence-corrected chi connectivity index (χ2v) is 6.47. The van der Waals surface area contributed by atoms with Crippen LogP contribution in [0.2, 0.25) is 0 Å². The lowest BCUT2D eigenvalue weighted by molar-refractivity contribution is -0.271. The average molecular weight is 434 g/mol. The minimum absolute atomic E-state index is 0.357. The number of ether oxygens (including phenoxy) is 5. The Labute approximate surface area is 172 Å². The van der Waals surface area contributed by atoms with E-state index in [1.54, 1.807) is 0 Å². The normalized spacial score (nSPS) is 26.8. The van der Waals surface area contributed by atoms with Crippen molar-refractivity contribution in [2.45, 2.75) is 63.9 Å². The first-order valence-corrected chi connectivity index (χ1v) is 8.90. The fourth-order valence-electron chi connectivity index (χ4n) is 2.81. The summed E-state index contributed by atoms with van der Waals surface area (Å²) in [6, 6.07) is -2.63. The molecule has 4 N–H and O–H groups in total. The van der Waals surface area contributed by atoms with Crippen LogP contribution < -0.4 is 11.1 Å². The molecule has 13 heteroatoms. The quantitative estimate of drug-likeness (QED) is 0.269. The van der Waals surface area contributed by atoms with Crippen LogP contribution in [0.15, 0.2) is 0 Å². The Balaban J connectivity index is 3.22. The van der Waals surface area contributed by atoms with E-state index in [9.17, 15) is 24.0 Å². The number of carbonyl (C=O) groups is 5. The van der Waals surface area contributed by atoms with Gasteiger partial charge in [0.25, 0.3) is 0 Å². The van der Waals surface area contributed by atoms with Crippen molar-refractivity contribution < 1.29 is 52.8 Å². The maximum absolute atomic E-state index is 12.3. The van der Waals surface area contributed by atoms with Crippen molar-refractivity contribution in [3.63, 3.8) is 0 Å². The Kier molecular flexibility index (Phi) is 9.62. The van der Waals surface area contributed by atoms with Gasteiger partial charge in [-0.15, -0.1) is 0 Å². The van der Waals surface area contributed by atoms with Crippen molar-refractivity contribution >= 4 is 29.8 Å². The summed E-state index contributed by atoms with van der Waals surface area (Å²) < 4.78 is 26.2. The van der Waals surface area contributed by atoms with E-state index in [0.717, 1.165) is 20.8 Å². The molecule has 0 unspecified atom stereocenters. The van der Waals surface area contributed by atoms with Crippen LogP contribution >= 0.6 is 0 Å². The zero-order valence-corrected chi connectivity index (χ0v) is 17.0. The number of carbonyl (C=O) groups excluding carboxylic acids is 4. The average Bonchev–Trinajstić information content (AvgIpc) is 2.61. The minimum Gasteiger partial charge on any atom is -0.481 e. The smallest absolute Gasteiger partial charge is 0.305 e. The number of methoxy groups -OCH3 is 1. The molecule has 0 aromatic rings. The van der Waals surface area contributed by atoms with Gasteiger partial charge in [0, 0.05) is 27.9 Å². The van der Waals surface area contributed by atoms with Crippen LogP contribution in [0.4, 0.5) is 0 Å². The Morgan fingerprint density at radius 3 is 2.07 bits per heavy atom. The molecule has 6 atom stereocenters. The molecule has 30 heavy (non-hydrogen) atoms. The van der Waals surface area contributed by atoms with Crippen molar-refractivity contribution in [1.82, 2.24) is 5.32 Å². The molecule has 0 saturated carbocycles. The van der Waals surface area contributed by atoms with E-state index in [1.165, 1.54) is 7.11 Å². The molecule has 0 aromatic carbocycles. The molecule has 1 aliphatic heterocycles. The lowest BCUT2D eigenvalue weighted by atomic mass is 9.95. The molecular weight excluding hydrogens is 408 g/mol. The monoisotopic (exact) mass is 434 g/mol. The largest absolute Gasteiger partial charge is 0.481 e.